The zero-order valence-electron chi connectivity index (χ0n) is 9.20. The zero-order valence-corrected chi connectivity index (χ0v) is 10.8. The van der Waals surface area contributed by atoms with Crippen LogP contribution in [0.1, 0.15) is 22.3 Å². The summed E-state index contributed by atoms with van der Waals surface area (Å²) < 4.78 is 0. The van der Waals surface area contributed by atoms with Gasteiger partial charge in [0.15, 0.2) is 0 Å². The highest BCUT2D eigenvalue weighted by Gasteiger charge is 2.14. The summed E-state index contributed by atoms with van der Waals surface area (Å²) in [5, 5.41) is 7.20. The molecule has 0 aliphatic heterocycles. The van der Waals surface area contributed by atoms with Crippen LogP contribution in [-0.4, -0.2) is 12.0 Å². The fraction of sp³-hybridized carbons (Fsp3) is 0.250. The quantitative estimate of drug-likeness (QED) is 0.906. The second kappa shape index (κ2) is 4.95. The SMILES string of the molecule is CNC(c1ccc(Cl)cc1)c1csc(C)n1. The number of nitrogens with zero attached hydrogens (tertiary/aromatic N) is 1. The molecule has 0 radical (unpaired) electrons. The number of hydrogen-bond donors (Lipinski definition) is 1. The molecule has 2 rings (SSSR count). The molecule has 0 saturated carbocycles. The summed E-state index contributed by atoms with van der Waals surface area (Å²) in [6.07, 6.45) is 0. The van der Waals surface area contributed by atoms with E-state index in [1.54, 1.807) is 11.3 Å². The molecule has 0 saturated heterocycles. The van der Waals surface area contributed by atoms with Crippen LogP contribution in [-0.2, 0) is 0 Å². The number of hydrogen-bond acceptors (Lipinski definition) is 3. The third-order valence-electron chi connectivity index (χ3n) is 2.42. The van der Waals surface area contributed by atoms with E-state index in [-0.39, 0.29) is 6.04 Å². The summed E-state index contributed by atoms with van der Waals surface area (Å²) in [5.74, 6) is 0. The lowest BCUT2D eigenvalue weighted by Gasteiger charge is -2.14. The summed E-state index contributed by atoms with van der Waals surface area (Å²) in [5.41, 5.74) is 2.24. The standard InChI is InChI=1S/C12H13ClN2S/c1-8-15-11(7-16-8)12(14-2)9-3-5-10(13)6-4-9/h3-7,12,14H,1-2H3. The Hall–Kier alpha value is -0.900. The van der Waals surface area contributed by atoms with Gasteiger partial charge in [-0.05, 0) is 31.7 Å². The first-order valence-corrected chi connectivity index (χ1v) is 6.31. The Bertz CT molecular complexity index is 464. The van der Waals surface area contributed by atoms with Crippen molar-refractivity contribution in [3.8, 4) is 0 Å². The molecular formula is C12H13ClN2S. The summed E-state index contributed by atoms with van der Waals surface area (Å²) in [6.45, 7) is 2.02. The molecule has 16 heavy (non-hydrogen) atoms. The van der Waals surface area contributed by atoms with Crippen LogP contribution in [0.4, 0.5) is 0 Å². The van der Waals surface area contributed by atoms with Gasteiger partial charge in [0.05, 0.1) is 16.7 Å². The first-order chi connectivity index (χ1) is 7.70. The van der Waals surface area contributed by atoms with Crippen molar-refractivity contribution in [3.63, 3.8) is 0 Å². The Morgan fingerprint density at radius 2 is 2.00 bits per heavy atom. The highest BCUT2D eigenvalue weighted by Crippen LogP contribution is 2.24. The summed E-state index contributed by atoms with van der Waals surface area (Å²) in [4.78, 5) is 4.50. The van der Waals surface area contributed by atoms with E-state index in [9.17, 15) is 0 Å². The van der Waals surface area contributed by atoms with Gasteiger partial charge in [-0.2, -0.15) is 0 Å². The largest absolute Gasteiger partial charge is 0.308 e. The lowest BCUT2D eigenvalue weighted by molar-refractivity contribution is 0.674. The fourth-order valence-electron chi connectivity index (χ4n) is 1.65. The Morgan fingerprint density at radius 1 is 1.31 bits per heavy atom. The third-order valence-corrected chi connectivity index (χ3v) is 3.47. The van der Waals surface area contributed by atoms with Crippen molar-refractivity contribution in [1.29, 1.82) is 0 Å². The van der Waals surface area contributed by atoms with Crippen LogP contribution in [0.15, 0.2) is 29.6 Å². The number of halogens is 1. The summed E-state index contributed by atoms with van der Waals surface area (Å²) in [6, 6.07) is 8.00. The monoisotopic (exact) mass is 252 g/mol. The van der Waals surface area contributed by atoms with Gasteiger partial charge < -0.3 is 5.32 Å². The van der Waals surface area contributed by atoms with Crippen LogP contribution in [0.25, 0.3) is 0 Å². The molecule has 1 heterocycles. The highest BCUT2D eigenvalue weighted by atomic mass is 35.5. The molecule has 84 valence electrons. The van der Waals surface area contributed by atoms with Crippen LogP contribution in [0, 0.1) is 6.92 Å². The number of nitrogens with one attached hydrogen (secondary N) is 1. The normalized spacial score (nSPS) is 12.7. The Balaban J connectivity index is 2.32. The Labute approximate surface area is 104 Å². The van der Waals surface area contributed by atoms with Gasteiger partial charge in [-0.25, -0.2) is 4.98 Å². The van der Waals surface area contributed by atoms with Crippen LogP contribution >= 0.6 is 22.9 Å². The average Bonchev–Trinajstić information content (AvgIpc) is 2.69. The van der Waals surface area contributed by atoms with Crippen molar-refractivity contribution in [1.82, 2.24) is 10.3 Å². The van der Waals surface area contributed by atoms with Crippen molar-refractivity contribution >= 4 is 22.9 Å². The third kappa shape index (κ3) is 2.43. The molecule has 1 N–H and O–H groups in total. The van der Waals surface area contributed by atoms with Gasteiger partial charge in [-0.15, -0.1) is 11.3 Å². The number of thiazole rings is 1. The molecule has 1 aromatic heterocycles. The second-order valence-electron chi connectivity index (χ2n) is 3.56. The van der Waals surface area contributed by atoms with Crippen LogP contribution in [0.2, 0.25) is 5.02 Å². The maximum absolute atomic E-state index is 5.88. The first-order valence-electron chi connectivity index (χ1n) is 5.05. The van der Waals surface area contributed by atoms with Crippen molar-refractivity contribution < 1.29 is 0 Å². The minimum atomic E-state index is 0.141. The molecule has 2 aromatic rings. The van der Waals surface area contributed by atoms with Crippen molar-refractivity contribution in [3.05, 3.63) is 50.9 Å². The fourth-order valence-corrected chi connectivity index (χ4v) is 2.42. The van der Waals surface area contributed by atoms with E-state index in [1.807, 2.05) is 38.2 Å². The van der Waals surface area contributed by atoms with Crippen molar-refractivity contribution in [2.75, 3.05) is 7.05 Å². The van der Waals surface area contributed by atoms with E-state index in [4.69, 9.17) is 11.6 Å². The van der Waals surface area contributed by atoms with E-state index in [2.05, 4.69) is 15.7 Å². The average molecular weight is 253 g/mol. The predicted molar refractivity (Wildman–Crippen MR) is 69.2 cm³/mol. The van der Waals surface area contributed by atoms with Gasteiger partial charge in [0, 0.05) is 10.4 Å². The molecular weight excluding hydrogens is 240 g/mol. The minimum absolute atomic E-state index is 0.141. The molecule has 1 atom stereocenters. The number of benzene rings is 1. The van der Waals surface area contributed by atoms with E-state index >= 15 is 0 Å². The first kappa shape index (κ1) is 11.6. The van der Waals surface area contributed by atoms with E-state index < -0.39 is 0 Å². The minimum Gasteiger partial charge on any atom is -0.308 e. The number of aryl methyl sites for hydroxylation is 1. The summed E-state index contributed by atoms with van der Waals surface area (Å²) in [7, 11) is 1.94. The Morgan fingerprint density at radius 3 is 2.50 bits per heavy atom. The van der Waals surface area contributed by atoms with E-state index in [0.29, 0.717) is 0 Å². The smallest absolute Gasteiger partial charge is 0.0898 e. The van der Waals surface area contributed by atoms with Crippen molar-refractivity contribution in [2.24, 2.45) is 0 Å². The molecule has 1 unspecified atom stereocenters. The Kier molecular flexibility index (Phi) is 3.59. The molecule has 1 aromatic carbocycles. The molecule has 4 heteroatoms. The lowest BCUT2D eigenvalue weighted by atomic mass is 10.1. The topological polar surface area (TPSA) is 24.9 Å². The van der Waals surface area contributed by atoms with Crippen LogP contribution < -0.4 is 5.32 Å². The van der Waals surface area contributed by atoms with Gasteiger partial charge in [0.25, 0.3) is 0 Å². The van der Waals surface area contributed by atoms with E-state index in [1.165, 1.54) is 5.56 Å². The second-order valence-corrected chi connectivity index (χ2v) is 5.06. The number of rotatable bonds is 3. The predicted octanol–water partition coefficient (Wildman–Crippen LogP) is 3.41. The molecule has 0 aliphatic carbocycles. The maximum Gasteiger partial charge on any atom is 0.0898 e. The molecule has 0 amide bonds. The van der Waals surface area contributed by atoms with Crippen LogP contribution in [0.5, 0.6) is 0 Å². The van der Waals surface area contributed by atoms with Gasteiger partial charge in [-0.3, -0.25) is 0 Å². The van der Waals surface area contributed by atoms with Gasteiger partial charge >= 0.3 is 0 Å². The van der Waals surface area contributed by atoms with Gasteiger partial charge in [0.2, 0.25) is 0 Å². The molecule has 0 fully saturated rings. The van der Waals surface area contributed by atoms with Crippen LogP contribution in [0.3, 0.4) is 0 Å². The molecule has 0 spiro atoms. The van der Waals surface area contributed by atoms with Crippen molar-refractivity contribution in [2.45, 2.75) is 13.0 Å². The van der Waals surface area contributed by atoms with Gasteiger partial charge in [0.1, 0.15) is 0 Å². The molecule has 0 bridgehead atoms. The highest BCUT2D eigenvalue weighted by molar-refractivity contribution is 7.09. The number of aromatic nitrogens is 1. The molecule has 0 aliphatic rings. The molecule has 2 nitrogen and oxygen atoms in total. The van der Waals surface area contributed by atoms with E-state index in [0.717, 1.165) is 15.7 Å². The summed E-state index contributed by atoms with van der Waals surface area (Å²) >= 11 is 7.54. The zero-order chi connectivity index (χ0) is 11.5. The lowest BCUT2D eigenvalue weighted by Crippen LogP contribution is -2.17. The maximum atomic E-state index is 5.88. The van der Waals surface area contributed by atoms with Gasteiger partial charge in [-0.1, -0.05) is 23.7 Å².